The monoisotopic (exact) mass is 393 g/mol. The number of amides is 1. The smallest absolute Gasteiger partial charge is 0.237 e. The number of Topliss-reactive ketones (excluding diaryl/α,β-unsaturated/α-hetero) is 1. The summed E-state index contributed by atoms with van der Waals surface area (Å²) in [5.41, 5.74) is 6.59. The Bertz CT molecular complexity index is 647. The van der Waals surface area contributed by atoms with Crippen molar-refractivity contribution >= 4 is 11.7 Å². The largest absolute Gasteiger partial charge is 0.504 e. The Morgan fingerprint density at radius 1 is 1.07 bits per heavy atom. The summed E-state index contributed by atoms with van der Waals surface area (Å²) in [7, 11) is 0. The minimum Gasteiger partial charge on any atom is -0.504 e. The fraction of sp³-hybridized carbons (Fsp3) is 0.619. The summed E-state index contributed by atoms with van der Waals surface area (Å²) in [6.07, 6.45) is 2.59. The van der Waals surface area contributed by atoms with Crippen molar-refractivity contribution in [1.29, 1.82) is 0 Å². The summed E-state index contributed by atoms with van der Waals surface area (Å²) in [5, 5.41) is 25.0. The molecular weight excluding hydrogens is 358 g/mol. The van der Waals surface area contributed by atoms with Gasteiger partial charge in [0.15, 0.2) is 17.3 Å². The van der Waals surface area contributed by atoms with E-state index in [1.165, 1.54) is 12.1 Å². The molecule has 1 amide bonds. The molecule has 2 atom stereocenters. The number of hydrogen-bond donors (Lipinski definition) is 5. The maximum Gasteiger partial charge on any atom is 0.237 e. The molecule has 0 saturated heterocycles. The summed E-state index contributed by atoms with van der Waals surface area (Å²) in [6, 6.07) is 3.74. The molecule has 0 heterocycles. The van der Waals surface area contributed by atoms with E-state index in [4.69, 9.17) is 5.73 Å². The van der Waals surface area contributed by atoms with Crippen LogP contribution in [0, 0.1) is 5.92 Å². The molecule has 1 aromatic rings. The Labute approximate surface area is 167 Å². The fourth-order valence-electron chi connectivity index (χ4n) is 2.97. The van der Waals surface area contributed by atoms with Crippen molar-refractivity contribution in [2.24, 2.45) is 11.7 Å². The Kier molecular flexibility index (Phi) is 9.96. The molecule has 7 heteroatoms. The van der Waals surface area contributed by atoms with Gasteiger partial charge >= 0.3 is 0 Å². The molecule has 0 fully saturated rings. The van der Waals surface area contributed by atoms with Gasteiger partial charge in [-0.25, -0.2) is 0 Å². The molecule has 0 aliphatic rings. The second kappa shape index (κ2) is 11.7. The third-order valence-corrected chi connectivity index (χ3v) is 4.50. The van der Waals surface area contributed by atoms with Crippen LogP contribution in [0.25, 0.3) is 0 Å². The van der Waals surface area contributed by atoms with Crippen molar-refractivity contribution in [1.82, 2.24) is 10.6 Å². The molecule has 28 heavy (non-hydrogen) atoms. The van der Waals surface area contributed by atoms with E-state index in [1.54, 1.807) is 6.07 Å². The number of unbranched alkanes of at least 4 members (excludes halogenated alkanes) is 1. The van der Waals surface area contributed by atoms with Crippen LogP contribution < -0.4 is 16.4 Å². The van der Waals surface area contributed by atoms with Crippen molar-refractivity contribution in [3.8, 4) is 11.5 Å². The molecule has 0 radical (unpaired) electrons. The lowest BCUT2D eigenvalue weighted by molar-refractivity contribution is -0.124. The molecule has 0 spiro atoms. The number of carbonyl (C=O) groups is 2. The molecule has 6 N–H and O–H groups in total. The van der Waals surface area contributed by atoms with Crippen LogP contribution in [0.1, 0.15) is 52.5 Å². The van der Waals surface area contributed by atoms with Crippen LogP contribution in [0.2, 0.25) is 0 Å². The molecule has 0 unspecified atom stereocenters. The van der Waals surface area contributed by atoms with E-state index < -0.39 is 6.04 Å². The summed E-state index contributed by atoms with van der Waals surface area (Å²) in [4.78, 5) is 24.4. The second-order valence-corrected chi connectivity index (χ2v) is 7.85. The molecule has 1 aromatic carbocycles. The van der Waals surface area contributed by atoms with Crippen molar-refractivity contribution in [3.05, 3.63) is 23.8 Å². The molecule has 1 rings (SSSR count). The maximum absolute atomic E-state index is 12.3. The Hall–Kier alpha value is -2.12. The van der Waals surface area contributed by atoms with Gasteiger partial charge in [0.25, 0.3) is 0 Å². The number of nitrogens with two attached hydrogens (primary N) is 1. The fourth-order valence-corrected chi connectivity index (χ4v) is 2.97. The predicted molar refractivity (Wildman–Crippen MR) is 110 cm³/mol. The van der Waals surface area contributed by atoms with Gasteiger partial charge in [0.1, 0.15) is 0 Å². The topological polar surface area (TPSA) is 125 Å². The van der Waals surface area contributed by atoms with Crippen LogP contribution in [0.15, 0.2) is 18.2 Å². The quantitative estimate of drug-likeness (QED) is 0.273. The van der Waals surface area contributed by atoms with Gasteiger partial charge in [-0.2, -0.15) is 0 Å². The molecule has 0 saturated carbocycles. The van der Waals surface area contributed by atoms with Gasteiger partial charge in [-0.05, 0) is 43.4 Å². The highest BCUT2D eigenvalue weighted by atomic mass is 16.3. The van der Waals surface area contributed by atoms with Crippen LogP contribution >= 0.6 is 0 Å². The first-order chi connectivity index (χ1) is 13.1. The highest BCUT2D eigenvalue weighted by Gasteiger charge is 2.21. The van der Waals surface area contributed by atoms with Gasteiger partial charge < -0.3 is 26.6 Å². The van der Waals surface area contributed by atoms with Crippen LogP contribution in [-0.4, -0.2) is 46.6 Å². The number of carbonyl (C=O) groups excluding carboxylic acids is 2. The first kappa shape index (κ1) is 23.9. The van der Waals surface area contributed by atoms with E-state index in [9.17, 15) is 19.8 Å². The molecule has 0 aromatic heterocycles. The van der Waals surface area contributed by atoms with Gasteiger partial charge in [-0.3, -0.25) is 9.59 Å². The van der Waals surface area contributed by atoms with Gasteiger partial charge in [0, 0.05) is 18.5 Å². The van der Waals surface area contributed by atoms with E-state index >= 15 is 0 Å². The zero-order chi connectivity index (χ0) is 21.3. The minimum atomic E-state index is -0.734. The first-order valence-corrected chi connectivity index (χ1v) is 9.95. The van der Waals surface area contributed by atoms with E-state index in [1.807, 2.05) is 27.7 Å². The van der Waals surface area contributed by atoms with Crippen LogP contribution in [0.4, 0.5) is 0 Å². The number of rotatable bonds is 12. The average Bonchev–Trinajstić information content (AvgIpc) is 2.62. The lowest BCUT2D eigenvalue weighted by Gasteiger charge is -2.22. The Morgan fingerprint density at radius 3 is 2.32 bits per heavy atom. The zero-order valence-electron chi connectivity index (χ0n) is 17.4. The number of phenolic OH excluding ortho intramolecular Hbond substituents is 2. The van der Waals surface area contributed by atoms with Gasteiger partial charge in [0.2, 0.25) is 5.91 Å². The highest BCUT2D eigenvalue weighted by Crippen LogP contribution is 2.25. The zero-order valence-corrected chi connectivity index (χ0v) is 17.4. The van der Waals surface area contributed by atoms with E-state index in [-0.39, 0.29) is 47.6 Å². The van der Waals surface area contributed by atoms with Crippen molar-refractivity contribution in [3.63, 3.8) is 0 Å². The lowest BCUT2D eigenvalue weighted by atomic mass is 9.96. The maximum atomic E-state index is 12.3. The number of nitrogens with one attached hydrogen (secondary N) is 2. The number of hydrogen-bond acceptors (Lipinski definition) is 6. The third kappa shape index (κ3) is 8.27. The van der Waals surface area contributed by atoms with Gasteiger partial charge in [0.05, 0.1) is 12.1 Å². The second-order valence-electron chi connectivity index (χ2n) is 7.85. The number of benzene rings is 1. The predicted octanol–water partition coefficient (Wildman–Crippen LogP) is 1.85. The molecular formula is C21H35N3O4. The lowest BCUT2D eigenvalue weighted by Crippen LogP contribution is -2.43. The standard InChI is InChI=1S/C21H35N3O4/c1-13(2)20(27)17(24-14(3)4)7-5-6-10-23-21(28)16(22)11-15-8-9-18(25)19(26)12-15/h8-9,12-14,16-17,24-26H,5-7,10-11,22H2,1-4H3,(H,23,28)/t16-,17-/m0/s1. The normalized spacial score (nSPS) is 13.5. The number of phenols is 2. The minimum absolute atomic E-state index is 0.00622. The van der Waals surface area contributed by atoms with Crippen molar-refractivity contribution in [2.45, 2.75) is 71.5 Å². The summed E-state index contributed by atoms with van der Waals surface area (Å²) >= 11 is 0. The highest BCUT2D eigenvalue weighted by molar-refractivity contribution is 5.85. The van der Waals surface area contributed by atoms with Crippen LogP contribution in [0.5, 0.6) is 11.5 Å². The summed E-state index contributed by atoms with van der Waals surface area (Å²) in [5.74, 6) is -0.485. The van der Waals surface area contributed by atoms with Gasteiger partial charge in [-0.1, -0.05) is 33.8 Å². The summed E-state index contributed by atoms with van der Waals surface area (Å²) in [6.45, 7) is 8.36. The SMILES string of the molecule is CC(C)N[C@@H](CCCCNC(=O)[C@@H](N)Cc1ccc(O)c(O)c1)C(=O)C(C)C. The number of ketones is 1. The average molecular weight is 394 g/mol. The molecule has 0 aliphatic heterocycles. The van der Waals surface area contributed by atoms with Crippen molar-refractivity contribution < 1.29 is 19.8 Å². The van der Waals surface area contributed by atoms with Crippen molar-refractivity contribution in [2.75, 3.05) is 6.54 Å². The van der Waals surface area contributed by atoms with E-state index in [0.717, 1.165) is 19.3 Å². The summed E-state index contributed by atoms with van der Waals surface area (Å²) < 4.78 is 0. The molecule has 0 aliphatic carbocycles. The Morgan fingerprint density at radius 2 is 1.75 bits per heavy atom. The Balaban J connectivity index is 2.36. The van der Waals surface area contributed by atoms with Crippen LogP contribution in [0.3, 0.4) is 0 Å². The molecule has 0 bridgehead atoms. The molecule has 7 nitrogen and oxygen atoms in total. The molecule has 158 valence electrons. The van der Waals surface area contributed by atoms with Crippen LogP contribution in [-0.2, 0) is 16.0 Å². The number of aromatic hydroxyl groups is 2. The van der Waals surface area contributed by atoms with E-state index in [2.05, 4.69) is 10.6 Å². The first-order valence-electron chi connectivity index (χ1n) is 9.95. The third-order valence-electron chi connectivity index (χ3n) is 4.50. The van der Waals surface area contributed by atoms with E-state index in [0.29, 0.717) is 12.1 Å². The van der Waals surface area contributed by atoms with Gasteiger partial charge in [-0.15, -0.1) is 0 Å².